The number of hydrogen-bond acceptors (Lipinski definition) is 6. The van der Waals surface area contributed by atoms with Gasteiger partial charge in [-0.25, -0.2) is 9.97 Å². The molecule has 2 saturated heterocycles. The Balaban J connectivity index is 1.41. The molecule has 0 spiro atoms. The SMILES string of the molecule is Cc1nc(Nc2ccc(NC(=O)[C@@H]3CCCO3)cc2)cc(N2CCCC2)n1. The molecule has 2 N–H and O–H groups in total. The van der Waals surface area contributed by atoms with Crippen LogP contribution >= 0.6 is 0 Å². The molecule has 142 valence electrons. The molecular formula is C20H25N5O2. The third-order valence-corrected chi connectivity index (χ3v) is 4.90. The first-order valence-electron chi connectivity index (χ1n) is 9.57. The molecular weight excluding hydrogens is 342 g/mol. The number of ether oxygens (including phenoxy) is 1. The maximum atomic E-state index is 12.1. The van der Waals surface area contributed by atoms with Gasteiger partial charge in [0.05, 0.1) is 0 Å². The Labute approximate surface area is 159 Å². The minimum atomic E-state index is -0.323. The summed E-state index contributed by atoms with van der Waals surface area (Å²) in [4.78, 5) is 23.5. The molecule has 0 bridgehead atoms. The fourth-order valence-electron chi connectivity index (χ4n) is 3.52. The fourth-order valence-corrected chi connectivity index (χ4v) is 3.52. The van der Waals surface area contributed by atoms with Gasteiger partial charge in [-0.2, -0.15) is 0 Å². The van der Waals surface area contributed by atoms with Gasteiger partial charge >= 0.3 is 0 Å². The van der Waals surface area contributed by atoms with Crippen molar-refractivity contribution in [3.8, 4) is 0 Å². The van der Waals surface area contributed by atoms with E-state index in [1.165, 1.54) is 12.8 Å². The van der Waals surface area contributed by atoms with Crippen molar-refractivity contribution in [3.63, 3.8) is 0 Å². The number of nitrogens with zero attached hydrogens (tertiary/aromatic N) is 3. The van der Waals surface area contributed by atoms with E-state index in [1.54, 1.807) is 0 Å². The molecule has 2 fully saturated rings. The number of rotatable bonds is 5. The molecule has 2 aliphatic rings. The summed E-state index contributed by atoms with van der Waals surface area (Å²) in [5.74, 6) is 2.43. The van der Waals surface area contributed by atoms with Crippen molar-refractivity contribution in [1.29, 1.82) is 0 Å². The van der Waals surface area contributed by atoms with Crippen molar-refractivity contribution in [2.24, 2.45) is 0 Å². The molecule has 0 radical (unpaired) electrons. The largest absolute Gasteiger partial charge is 0.368 e. The Morgan fingerprint density at radius 1 is 1.11 bits per heavy atom. The van der Waals surface area contributed by atoms with E-state index in [1.807, 2.05) is 37.3 Å². The maximum Gasteiger partial charge on any atom is 0.253 e. The number of carbonyl (C=O) groups excluding carboxylic acids is 1. The van der Waals surface area contributed by atoms with E-state index >= 15 is 0 Å². The Hall–Kier alpha value is -2.67. The van der Waals surface area contributed by atoms with Crippen molar-refractivity contribution >= 4 is 28.9 Å². The standard InChI is InChI=1S/C20H25N5O2/c1-14-21-18(13-19(22-14)25-10-2-3-11-25)23-15-6-8-16(9-7-15)24-20(26)17-5-4-12-27-17/h6-9,13,17H,2-5,10-12H2,1H3,(H,24,26)(H,21,22,23)/t17-/m0/s1. The number of anilines is 4. The van der Waals surface area contributed by atoms with Gasteiger partial charge in [0.25, 0.3) is 5.91 Å². The first-order valence-corrected chi connectivity index (χ1v) is 9.57. The predicted octanol–water partition coefficient (Wildman–Crippen LogP) is 3.25. The van der Waals surface area contributed by atoms with Crippen molar-refractivity contribution < 1.29 is 9.53 Å². The van der Waals surface area contributed by atoms with Gasteiger partial charge < -0.3 is 20.3 Å². The molecule has 1 aromatic heterocycles. The lowest BCUT2D eigenvalue weighted by Crippen LogP contribution is -2.26. The van der Waals surface area contributed by atoms with E-state index in [0.29, 0.717) is 6.61 Å². The highest BCUT2D eigenvalue weighted by Crippen LogP contribution is 2.24. The van der Waals surface area contributed by atoms with Crippen LogP contribution < -0.4 is 15.5 Å². The van der Waals surface area contributed by atoms with E-state index < -0.39 is 0 Å². The van der Waals surface area contributed by atoms with E-state index in [9.17, 15) is 4.79 Å². The van der Waals surface area contributed by atoms with Crippen LogP contribution in [0.4, 0.5) is 23.0 Å². The Kier molecular flexibility index (Phi) is 5.20. The van der Waals surface area contributed by atoms with Crippen LogP contribution in [0, 0.1) is 6.92 Å². The highest BCUT2D eigenvalue weighted by atomic mass is 16.5. The van der Waals surface area contributed by atoms with Gasteiger partial charge in [0, 0.05) is 37.1 Å². The second kappa shape index (κ2) is 7.92. The third kappa shape index (κ3) is 4.36. The molecule has 0 aliphatic carbocycles. The van der Waals surface area contributed by atoms with Crippen LogP contribution in [0.3, 0.4) is 0 Å². The van der Waals surface area contributed by atoms with Gasteiger partial charge in [0.15, 0.2) is 0 Å². The van der Waals surface area contributed by atoms with Crippen molar-refractivity contribution in [2.45, 2.75) is 38.7 Å². The number of carbonyl (C=O) groups is 1. The summed E-state index contributed by atoms with van der Waals surface area (Å²) < 4.78 is 5.41. The molecule has 0 saturated carbocycles. The van der Waals surface area contributed by atoms with Crippen molar-refractivity contribution in [1.82, 2.24) is 9.97 Å². The average molecular weight is 367 g/mol. The monoisotopic (exact) mass is 367 g/mol. The summed E-state index contributed by atoms with van der Waals surface area (Å²) in [6, 6.07) is 9.61. The smallest absolute Gasteiger partial charge is 0.253 e. The van der Waals surface area contributed by atoms with Gasteiger partial charge in [-0.15, -0.1) is 0 Å². The second-order valence-corrected chi connectivity index (χ2v) is 7.05. The van der Waals surface area contributed by atoms with Crippen LogP contribution in [0.5, 0.6) is 0 Å². The number of benzene rings is 1. The van der Waals surface area contributed by atoms with Gasteiger partial charge in [-0.1, -0.05) is 0 Å². The molecule has 27 heavy (non-hydrogen) atoms. The third-order valence-electron chi connectivity index (χ3n) is 4.90. The van der Waals surface area contributed by atoms with E-state index in [0.717, 1.165) is 54.8 Å². The zero-order chi connectivity index (χ0) is 18.6. The minimum absolute atomic E-state index is 0.0742. The van der Waals surface area contributed by atoms with Crippen LogP contribution in [0.1, 0.15) is 31.5 Å². The van der Waals surface area contributed by atoms with Crippen molar-refractivity contribution in [3.05, 3.63) is 36.2 Å². The lowest BCUT2D eigenvalue weighted by Gasteiger charge is -2.18. The normalized spacial score (nSPS) is 19.3. The van der Waals surface area contributed by atoms with Crippen LogP contribution in [0.2, 0.25) is 0 Å². The Morgan fingerprint density at radius 3 is 2.56 bits per heavy atom. The molecule has 3 heterocycles. The van der Waals surface area contributed by atoms with Crippen molar-refractivity contribution in [2.75, 3.05) is 35.2 Å². The van der Waals surface area contributed by atoms with Gasteiger partial charge in [0.1, 0.15) is 23.6 Å². The van der Waals surface area contributed by atoms with Gasteiger partial charge in [0.2, 0.25) is 0 Å². The molecule has 1 amide bonds. The van der Waals surface area contributed by atoms with Crippen LogP contribution in [0.25, 0.3) is 0 Å². The number of amides is 1. The lowest BCUT2D eigenvalue weighted by molar-refractivity contribution is -0.124. The fraction of sp³-hybridized carbons (Fsp3) is 0.450. The molecule has 1 aromatic carbocycles. The Bertz CT molecular complexity index is 797. The number of hydrogen-bond donors (Lipinski definition) is 2. The topological polar surface area (TPSA) is 79.4 Å². The summed E-state index contributed by atoms with van der Waals surface area (Å²) in [7, 11) is 0. The van der Waals surface area contributed by atoms with E-state index in [4.69, 9.17) is 4.74 Å². The minimum Gasteiger partial charge on any atom is -0.368 e. The molecule has 0 unspecified atom stereocenters. The molecule has 4 rings (SSSR count). The quantitative estimate of drug-likeness (QED) is 0.845. The lowest BCUT2D eigenvalue weighted by atomic mass is 10.2. The van der Waals surface area contributed by atoms with Crippen LogP contribution in [-0.4, -0.2) is 41.7 Å². The number of aryl methyl sites for hydroxylation is 1. The maximum absolute atomic E-state index is 12.1. The molecule has 7 nitrogen and oxygen atoms in total. The number of aromatic nitrogens is 2. The number of nitrogens with one attached hydrogen (secondary N) is 2. The molecule has 2 aromatic rings. The van der Waals surface area contributed by atoms with Crippen LogP contribution in [-0.2, 0) is 9.53 Å². The van der Waals surface area contributed by atoms with Gasteiger partial charge in [-0.3, -0.25) is 4.79 Å². The van der Waals surface area contributed by atoms with E-state index in [-0.39, 0.29) is 12.0 Å². The first kappa shape index (κ1) is 17.7. The Morgan fingerprint density at radius 2 is 1.85 bits per heavy atom. The summed E-state index contributed by atoms with van der Waals surface area (Å²) in [6.07, 6.45) is 3.84. The average Bonchev–Trinajstić information content (AvgIpc) is 3.37. The van der Waals surface area contributed by atoms with Crippen LogP contribution in [0.15, 0.2) is 30.3 Å². The van der Waals surface area contributed by atoms with E-state index in [2.05, 4.69) is 25.5 Å². The highest BCUT2D eigenvalue weighted by Gasteiger charge is 2.23. The summed E-state index contributed by atoms with van der Waals surface area (Å²) in [6.45, 7) is 4.68. The first-order chi connectivity index (χ1) is 13.2. The van der Waals surface area contributed by atoms with Gasteiger partial charge in [-0.05, 0) is 56.9 Å². The highest BCUT2D eigenvalue weighted by molar-refractivity contribution is 5.94. The zero-order valence-corrected chi connectivity index (χ0v) is 15.6. The molecule has 2 aliphatic heterocycles. The predicted molar refractivity (Wildman–Crippen MR) is 106 cm³/mol. The second-order valence-electron chi connectivity index (χ2n) is 7.05. The summed E-state index contributed by atoms with van der Waals surface area (Å²) >= 11 is 0. The summed E-state index contributed by atoms with van der Waals surface area (Å²) in [5, 5.41) is 6.24. The molecule has 7 heteroatoms. The zero-order valence-electron chi connectivity index (χ0n) is 15.6. The summed E-state index contributed by atoms with van der Waals surface area (Å²) in [5.41, 5.74) is 1.67. The molecule has 1 atom stereocenters.